The third kappa shape index (κ3) is 2.84. The van der Waals surface area contributed by atoms with Crippen molar-refractivity contribution in [1.82, 2.24) is 25.1 Å². The quantitative estimate of drug-likeness (QED) is 0.606. The summed E-state index contributed by atoms with van der Waals surface area (Å²) in [7, 11) is 0. The van der Waals surface area contributed by atoms with Crippen molar-refractivity contribution in [2.75, 3.05) is 0 Å². The number of para-hydroxylation sites is 1. The Bertz CT molecular complexity index is 1130. The SMILES string of the molecule is CC1(C)[C@H](C(=O)NCc2nc3c(cnn3-c3ccccc3)c(=O)[nH]2)[C@@H]1C(=O)O. The third-order valence-corrected chi connectivity index (χ3v) is 5.29. The highest BCUT2D eigenvalue weighted by Crippen LogP contribution is 2.58. The second-order valence-electron chi connectivity index (χ2n) is 7.47. The molecule has 1 saturated carbocycles. The number of aliphatic carboxylic acids is 1. The number of nitrogens with zero attached hydrogens (tertiary/aromatic N) is 3. The zero-order valence-electron chi connectivity index (χ0n) is 15.3. The van der Waals surface area contributed by atoms with E-state index in [0.29, 0.717) is 11.0 Å². The van der Waals surface area contributed by atoms with Crippen LogP contribution in [-0.4, -0.2) is 36.7 Å². The van der Waals surface area contributed by atoms with Crippen LogP contribution in [0.15, 0.2) is 41.3 Å². The number of amides is 1. The van der Waals surface area contributed by atoms with Crippen molar-refractivity contribution in [1.29, 1.82) is 0 Å². The predicted octanol–water partition coefficient (Wildman–Crippen LogP) is 1.08. The number of carboxylic acids is 1. The number of aromatic nitrogens is 4. The van der Waals surface area contributed by atoms with Gasteiger partial charge in [0.1, 0.15) is 11.2 Å². The largest absolute Gasteiger partial charge is 0.481 e. The molecule has 0 radical (unpaired) electrons. The van der Waals surface area contributed by atoms with Crippen LogP contribution in [0.4, 0.5) is 0 Å². The number of nitrogens with one attached hydrogen (secondary N) is 2. The molecule has 1 fully saturated rings. The van der Waals surface area contributed by atoms with Gasteiger partial charge < -0.3 is 15.4 Å². The van der Waals surface area contributed by atoms with Crippen LogP contribution in [0.3, 0.4) is 0 Å². The molecule has 0 spiro atoms. The van der Waals surface area contributed by atoms with Gasteiger partial charge in [-0.25, -0.2) is 9.67 Å². The molecule has 0 aliphatic heterocycles. The van der Waals surface area contributed by atoms with Crippen molar-refractivity contribution in [3.8, 4) is 5.69 Å². The van der Waals surface area contributed by atoms with E-state index in [0.717, 1.165) is 5.69 Å². The second-order valence-corrected chi connectivity index (χ2v) is 7.47. The number of rotatable bonds is 5. The number of benzene rings is 1. The molecule has 1 aromatic carbocycles. The lowest BCUT2D eigenvalue weighted by atomic mass is 10.1. The summed E-state index contributed by atoms with van der Waals surface area (Å²) in [6.45, 7) is 3.49. The minimum absolute atomic E-state index is 0.0110. The summed E-state index contributed by atoms with van der Waals surface area (Å²) in [5.41, 5.74) is 0.197. The summed E-state index contributed by atoms with van der Waals surface area (Å²) < 4.78 is 1.56. The molecule has 0 bridgehead atoms. The van der Waals surface area contributed by atoms with Gasteiger partial charge in [0.05, 0.1) is 30.3 Å². The molecule has 28 heavy (non-hydrogen) atoms. The fourth-order valence-electron chi connectivity index (χ4n) is 3.67. The molecule has 1 aliphatic rings. The van der Waals surface area contributed by atoms with Crippen LogP contribution in [0.2, 0.25) is 0 Å². The van der Waals surface area contributed by atoms with Crippen molar-refractivity contribution in [2.45, 2.75) is 20.4 Å². The van der Waals surface area contributed by atoms with E-state index in [4.69, 9.17) is 0 Å². The van der Waals surface area contributed by atoms with Crippen molar-refractivity contribution in [3.63, 3.8) is 0 Å². The minimum Gasteiger partial charge on any atom is -0.481 e. The number of fused-ring (bicyclic) bond motifs is 1. The van der Waals surface area contributed by atoms with Gasteiger partial charge >= 0.3 is 5.97 Å². The average Bonchev–Trinajstić information content (AvgIpc) is 3.02. The molecule has 9 nitrogen and oxygen atoms in total. The van der Waals surface area contributed by atoms with E-state index in [1.54, 1.807) is 18.5 Å². The number of H-pyrrole nitrogens is 1. The fraction of sp³-hybridized carbons (Fsp3) is 0.316. The first-order valence-corrected chi connectivity index (χ1v) is 8.83. The number of carbonyl (C=O) groups excluding carboxylic acids is 1. The van der Waals surface area contributed by atoms with Crippen molar-refractivity contribution >= 4 is 22.9 Å². The zero-order valence-corrected chi connectivity index (χ0v) is 15.3. The first-order valence-electron chi connectivity index (χ1n) is 8.83. The van der Waals surface area contributed by atoms with E-state index in [-0.39, 0.29) is 23.8 Å². The van der Waals surface area contributed by atoms with Crippen LogP contribution in [0, 0.1) is 17.3 Å². The Hall–Kier alpha value is -3.49. The summed E-state index contributed by atoms with van der Waals surface area (Å²) in [4.78, 5) is 43.0. The summed E-state index contributed by atoms with van der Waals surface area (Å²) >= 11 is 0. The lowest BCUT2D eigenvalue weighted by Gasteiger charge is -2.07. The van der Waals surface area contributed by atoms with Gasteiger partial charge in [0.2, 0.25) is 5.91 Å². The maximum absolute atomic E-state index is 12.4. The normalized spacial score (nSPS) is 20.1. The van der Waals surface area contributed by atoms with Gasteiger partial charge in [-0.15, -0.1) is 0 Å². The Labute approximate surface area is 159 Å². The van der Waals surface area contributed by atoms with Gasteiger partial charge in [0, 0.05) is 0 Å². The number of carbonyl (C=O) groups is 2. The molecule has 2 atom stereocenters. The Morgan fingerprint density at radius 2 is 1.96 bits per heavy atom. The van der Waals surface area contributed by atoms with Crippen LogP contribution < -0.4 is 10.9 Å². The van der Waals surface area contributed by atoms with Crippen LogP contribution in [-0.2, 0) is 16.1 Å². The van der Waals surface area contributed by atoms with Crippen LogP contribution in [0.25, 0.3) is 16.7 Å². The maximum Gasteiger partial charge on any atom is 0.307 e. The van der Waals surface area contributed by atoms with E-state index in [9.17, 15) is 19.5 Å². The van der Waals surface area contributed by atoms with Crippen LogP contribution in [0.1, 0.15) is 19.7 Å². The molecule has 4 rings (SSSR count). The van der Waals surface area contributed by atoms with Crippen molar-refractivity contribution < 1.29 is 14.7 Å². The molecular weight excluding hydrogens is 362 g/mol. The first-order chi connectivity index (χ1) is 13.3. The summed E-state index contributed by atoms with van der Waals surface area (Å²) in [6.07, 6.45) is 1.45. The summed E-state index contributed by atoms with van der Waals surface area (Å²) in [6, 6.07) is 9.27. The van der Waals surface area contributed by atoms with Crippen molar-refractivity contribution in [3.05, 3.63) is 52.7 Å². The van der Waals surface area contributed by atoms with Gasteiger partial charge in [0.15, 0.2) is 5.65 Å². The first kappa shape index (κ1) is 17.9. The van der Waals surface area contributed by atoms with Gasteiger partial charge in [0.25, 0.3) is 5.56 Å². The number of aromatic amines is 1. The van der Waals surface area contributed by atoms with Crippen molar-refractivity contribution in [2.24, 2.45) is 17.3 Å². The highest BCUT2D eigenvalue weighted by molar-refractivity contribution is 5.91. The highest BCUT2D eigenvalue weighted by atomic mass is 16.4. The highest BCUT2D eigenvalue weighted by Gasteiger charge is 2.65. The molecule has 1 aliphatic carbocycles. The lowest BCUT2D eigenvalue weighted by Crippen LogP contribution is -2.28. The van der Waals surface area contributed by atoms with Gasteiger partial charge in [-0.1, -0.05) is 32.0 Å². The van der Waals surface area contributed by atoms with Crippen LogP contribution >= 0.6 is 0 Å². The topological polar surface area (TPSA) is 130 Å². The molecule has 2 heterocycles. The molecule has 2 aromatic heterocycles. The maximum atomic E-state index is 12.4. The predicted molar refractivity (Wildman–Crippen MR) is 99.7 cm³/mol. The lowest BCUT2D eigenvalue weighted by molar-refractivity contribution is -0.140. The van der Waals surface area contributed by atoms with Gasteiger partial charge in [-0.2, -0.15) is 5.10 Å². The van der Waals surface area contributed by atoms with E-state index >= 15 is 0 Å². The van der Waals surface area contributed by atoms with Gasteiger partial charge in [-0.05, 0) is 17.5 Å². The molecule has 3 N–H and O–H groups in total. The molecule has 9 heteroatoms. The molecule has 144 valence electrons. The standard InChI is InChI=1S/C19H19N5O4/c1-19(2)13(14(19)18(27)28)17(26)20-9-12-22-15-11(16(25)23-12)8-21-24(15)10-6-4-3-5-7-10/h3-8,13-14H,9H2,1-2H3,(H,20,26)(H,27,28)(H,22,23,25)/t13-,14+/m0/s1. The fourth-order valence-corrected chi connectivity index (χ4v) is 3.67. The monoisotopic (exact) mass is 381 g/mol. The Morgan fingerprint density at radius 1 is 1.25 bits per heavy atom. The van der Waals surface area contributed by atoms with E-state index in [1.165, 1.54) is 6.20 Å². The number of carboxylic acid groups (broad SMARTS) is 1. The molecule has 0 saturated heterocycles. The average molecular weight is 381 g/mol. The summed E-state index contributed by atoms with van der Waals surface area (Å²) in [5.74, 6) is -2.38. The molecule has 0 unspecified atom stereocenters. The zero-order chi connectivity index (χ0) is 20.1. The van der Waals surface area contributed by atoms with Gasteiger partial charge in [-0.3, -0.25) is 14.4 Å². The second kappa shape index (κ2) is 6.29. The minimum atomic E-state index is -0.982. The third-order valence-electron chi connectivity index (χ3n) is 5.29. The Balaban J connectivity index is 1.58. The van der Waals surface area contributed by atoms with E-state index in [2.05, 4.69) is 20.4 Å². The van der Waals surface area contributed by atoms with E-state index < -0.39 is 23.2 Å². The van der Waals surface area contributed by atoms with E-state index in [1.807, 2.05) is 30.3 Å². The molecule has 1 amide bonds. The number of hydrogen-bond acceptors (Lipinski definition) is 5. The summed E-state index contributed by atoms with van der Waals surface area (Å²) in [5, 5.41) is 16.5. The Morgan fingerprint density at radius 3 is 2.61 bits per heavy atom. The molecular formula is C19H19N5O4. The Kier molecular flexibility index (Phi) is 4.02. The smallest absolute Gasteiger partial charge is 0.307 e. The molecule has 3 aromatic rings. The number of hydrogen-bond donors (Lipinski definition) is 3. The van der Waals surface area contributed by atoms with Crippen LogP contribution in [0.5, 0.6) is 0 Å².